The molecule has 0 radical (unpaired) electrons. The Balaban J connectivity index is 2.75. The zero-order chi connectivity index (χ0) is 14.3. The van der Waals surface area contributed by atoms with E-state index in [2.05, 4.69) is 4.99 Å². The number of halogens is 2. The summed E-state index contributed by atoms with van der Waals surface area (Å²) in [6.07, 6.45) is -0.678. The number of benzene rings is 1. The Hall–Kier alpha value is -1.17. The van der Waals surface area contributed by atoms with Crippen LogP contribution in [0.5, 0.6) is 0 Å². The molecule has 0 aliphatic carbocycles. The molecule has 0 aliphatic rings. The molecule has 0 aromatic heterocycles. The number of hydrogen-bond donors (Lipinski definition) is 1. The second-order valence-electron chi connectivity index (χ2n) is 3.70. The lowest BCUT2D eigenvalue weighted by molar-refractivity contribution is -0.0907. The van der Waals surface area contributed by atoms with Gasteiger partial charge in [-0.25, -0.2) is 4.39 Å². The molecule has 0 spiro atoms. The molecule has 0 saturated heterocycles. The van der Waals surface area contributed by atoms with Crippen molar-refractivity contribution in [3.05, 3.63) is 34.6 Å². The molecule has 0 heterocycles. The number of aliphatic imine (C=N–C) groups is 1. The summed E-state index contributed by atoms with van der Waals surface area (Å²) in [7, 11) is 0. The second kappa shape index (κ2) is 8.09. The molecule has 0 unspecified atom stereocenters. The molecule has 1 rings (SSSR count). The summed E-state index contributed by atoms with van der Waals surface area (Å²) in [5.74, 6) is -0.261. The van der Waals surface area contributed by atoms with Gasteiger partial charge in [-0.1, -0.05) is 23.7 Å². The van der Waals surface area contributed by atoms with Gasteiger partial charge in [0.2, 0.25) is 6.29 Å². The largest absolute Gasteiger partial charge is 0.383 e. The summed E-state index contributed by atoms with van der Waals surface area (Å²) >= 11 is 5.83. The maximum Gasteiger partial charge on any atom is 0.216 e. The highest BCUT2D eigenvalue weighted by atomic mass is 35.5. The van der Waals surface area contributed by atoms with Crippen molar-refractivity contribution in [3.8, 4) is 0 Å². The van der Waals surface area contributed by atoms with E-state index in [0.717, 1.165) is 0 Å². The van der Waals surface area contributed by atoms with Crippen LogP contribution in [0.2, 0.25) is 5.02 Å². The summed E-state index contributed by atoms with van der Waals surface area (Å²) in [6, 6.07) is 4.56. The molecule has 0 saturated carbocycles. The van der Waals surface area contributed by atoms with Gasteiger partial charge in [0, 0.05) is 13.2 Å². The third-order valence-electron chi connectivity index (χ3n) is 2.34. The molecule has 106 valence electrons. The van der Waals surface area contributed by atoms with E-state index in [9.17, 15) is 4.39 Å². The maximum absolute atomic E-state index is 13.2. The van der Waals surface area contributed by atoms with E-state index < -0.39 is 12.1 Å². The molecule has 1 aromatic rings. The first-order chi connectivity index (χ1) is 9.10. The van der Waals surface area contributed by atoms with Crippen LogP contribution in [0.25, 0.3) is 0 Å². The van der Waals surface area contributed by atoms with Gasteiger partial charge in [0.05, 0.1) is 11.6 Å². The van der Waals surface area contributed by atoms with E-state index in [1.54, 1.807) is 12.1 Å². The fourth-order valence-electron chi connectivity index (χ4n) is 1.44. The fourth-order valence-corrected chi connectivity index (χ4v) is 1.63. The molecule has 19 heavy (non-hydrogen) atoms. The average Bonchev–Trinajstić information content (AvgIpc) is 2.40. The van der Waals surface area contributed by atoms with E-state index in [-0.39, 0.29) is 17.4 Å². The Labute approximate surface area is 117 Å². The number of ether oxygens (including phenoxy) is 2. The van der Waals surface area contributed by atoms with Crippen LogP contribution in [-0.4, -0.2) is 25.3 Å². The van der Waals surface area contributed by atoms with Gasteiger partial charge in [0.25, 0.3) is 0 Å². The van der Waals surface area contributed by atoms with Crippen LogP contribution in [0.15, 0.2) is 23.2 Å². The third kappa shape index (κ3) is 4.78. The van der Waals surface area contributed by atoms with Crippen LogP contribution in [-0.2, 0) is 16.0 Å². The molecule has 1 aromatic carbocycles. The van der Waals surface area contributed by atoms with Crippen molar-refractivity contribution >= 4 is 17.4 Å². The van der Waals surface area contributed by atoms with Crippen LogP contribution >= 0.6 is 11.6 Å². The Bertz CT molecular complexity index is 435. The predicted molar refractivity (Wildman–Crippen MR) is 73.8 cm³/mol. The maximum atomic E-state index is 13.2. The molecular weight excluding hydrogens is 271 g/mol. The number of nitrogens with two attached hydrogens (primary N) is 1. The molecule has 0 bridgehead atoms. The molecule has 4 nitrogen and oxygen atoms in total. The minimum atomic E-state index is -0.678. The summed E-state index contributed by atoms with van der Waals surface area (Å²) in [4.78, 5) is 4.13. The summed E-state index contributed by atoms with van der Waals surface area (Å²) < 4.78 is 23.8. The molecule has 0 fully saturated rings. The number of amidine groups is 1. The zero-order valence-electron chi connectivity index (χ0n) is 11.0. The molecule has 0 aliphatic heterocycles. The van der Waals surface area contributed by atoms with Crippen LogP contribution in [0.3, 0.4) is 0 Å². The zero-order valence-corrected chi connectivity index (χ0v) is 11.8. The molecular formula is C13H18ClFN2O2. The van der Waals surface area contributed by atoms with Gasteiger partial charge in [-0.2, -0.15) is 0 Å². The molecule has 0 atom stereocenters. The molecule has 2 N–H and O–H groups in total. The lowest BCUT2D eigenvalue weighted by atomic mass is 10.2. The van der Waals surface area contributed by atoms with Crippen molar-refractivity contribution in [1.82, 2.24) is 0 Å². The second-order valence-corrected chi connectivity index (χ2v) is 4.07. The third-order valence-corrected chi connectivity index (χ3v) is 2.76. The van der Waals surface area contributed by atoms with Crippen molar-refractivity contribution in [2.24, 2.45) is 10.7 Å². The van der Waals surface area contributed by atoms with Crippen LogP contribution in [0, 0.1) is 5.82 Å². The highest BCUT2D eigenvalue weighted by molar-refractivity contribution is 6.31. The van der Waals surface area contributed by atoms with E-state index in [1.165, 1.54) is 6.07 Å². The van der Waals surface area contributed by atoms with Gasteiger partial charge in [-0.3, -0.25) is 4.99 Å². The SMILES string of the molecule is CCOC(OCC)C(N)=NCc1cccc(F)c1Cl. The lowest BCUT2D eigenvalue weighted by Crippen LogP contribution is -2.34. The minimum absolute atomic E-state index is 0.0587. The van der Waals surface area contributed by atoms with E-state index >= 15 is 0 Å². The highest BCUT2D eigenvalue weighted by Gasteiger charge is 2.13. The topological polar surface area (TPSA) is 56.8 Å². The normalized spacial score (nSPS) is 12.2. The summed E-state index contributed by atoms with van der Waals surface area (Å²) in [6.45, 7) is 4.77. The minimum Gasteiger partial charge on any atom is -0.383 e. The molecule has 6 heteroatoms. The smallest absolute Gasteiger partial charge is 0.216 e. The quantitative estimate of drug-likeness (QED) is 0.477. The number of rotatable bonds is 7. The summed E-state index contributed by atoms with van der Waals surface area (Å²) in [5, 5.41) is 0.0587. The average molecular weight is 289 g/mol. The van der Waals surface area contributed by atoms with Gasteiger partial charge in [-0.05, 0) is 25.5 Å². The first-order valence-corrected chi connectivity index (χ1v) is 6.43. The van der Waals surface area contributed by atoms with Gasteiger partial charge in [0.15, 0.2) is 5.84 Å². The first-order valence-electron chi connectivity index (χ1n) is 6.06. The van der Waals surface area contributed by atoms with Gasteiger partial charge < -0.3 is 15.2 Å². The lowest BCUT2D eigenvalue weighted by Gasteiger charge is -2.16. The Morgan fingerprint density at radius 1 is 1.37 bits per heavy atom. The predicted octanol–water partition coefficient (Wildman–Crippen LogP) is 2.74. The van der Waals surface area contributed by atoms with E-state index in [1.807, 2.05) is 13.8 Å². The highest BCUT2D eigenvalue weighted by Crippen LogP contribution is 2.20. The Kier molecular flexibility index (Phi) is 6.77. The standard InChI is InChI=1S/C13H18ClFN2O2/c1-3-18-13(19-4-2)12(16)17-8-9-6-5-7-10(15)11(9)14/h5-7,13H,3-4,8H2,1-2H3,(H2,16,17). The van der Waals surface area contributed by atoms with Crippen molar-refractivity contribution in [2.45, 2.75) is 26.7 Å². The van der Waals surface area contributed by atoms with E-state index in [4.69, 9.17) is 26.8 Å². The molecule has 0 amide bonds. The van der Waals surface area contributed by atoms with E-state index in [0.29, 0.717) is 18.8 Å². The monoisotopic (exact) mass is 288 g/mol. The van der Waals surface area contributed by atoms with Crippen LogP contribution in [0.1, 0.15) is 19.4 Å². The van der Waals surface area contributed by atoms with Gasteiger partial charge in [-0.15, -0.1) is 0 Å². The van der Waals surface area contributed by atoms with Crippen molar-refractivity contribution < 1.29 is 13.9 Å². The number of nitrogens with zero attached hydrogens (tertiary/aromatic N) is 1. The summed E-state index contributed by atoms with van der Waals surface area (Å²) in [5.41, 5.74) is 6.36. The van der Waals surface area contributed by atoms with Gasteiger partial charge >= 0.3 is 0 Å². The Morgan fingerprint density at radius 3 is 2.58 bits per heavy atom. The van der Waals surface area contributed by atoms with Gasteiger partial charge in [0.1, 0.15) is 5.82 Å². The number of hydrogen-bond acceptors (Lipinski definition) is 3. The van der Waals surface area contributed by atoms with Crippen LogP contribution in [0.4, 0.5) is 4.39 Å². The Morgan fingerprint density at radius 2 is 2.00 bits per heavy atom. The van der Waals surface area contributed by atoms with Crippen molar-refractivity contribution in [1.29, 1.82) is 0 Å². The fraction of sp³-hybridized carbons (Fsp3) is 0.462. The van der Waals surface area contributed by atoms with Crippen molar-refractivity contribution in [3.63, 3.8) is 0 Å². The first kappa shape index (κ1) is 15.9. The van der Waals surface area contributed by atoms with Crippen molar-refractivity contribution in [2.75, 3.05) is 13.2 Å². The van der Waals surface area contributed by atoms with Crippen LogP contribution < -0.4 is 5.73 Å².